The Morgan fingerprint density at radius 2 is 2.00 bits per heavy atom. The van der Waals surface area contributed by atoms with Gasteiger partial charge in [-0.1, -0.05) is 12.1 Å². The first-order valence-electron chi connectivity index (χ1n) is 6.25. The SMILES string of the molecule is Cc1nc(S/C(=C\c2ccc(N(C)C)cc2)C(=O)O)n[nH]1. The summed E-state index contributed by atoms with van der Waals surface area (Å²) in [7, 11) is 3.91. The minimum Gasteiger partial charge on any atom is -0.477 e. The Labute approximate surface area is 126 Å². The molecule has 0 saturated carbocycles. The van der Waals surface area contributed by atoms with E-state index in [9.17, 15) is 9.90 Å². The molecule has 110 valence electrons. The van der Waals surface area contributed by atoms with Gasteiger partial charge in [0.15, 0.2) is 0 Å². The molecule has 1 aromatic carbocycles. The Morgan fingerprint density at radius 1 is 1.33 bits per heavy atom. The molecule has 0 aliphatic rings. The highest BCUT2D eigenvalue weighted by molar-refractivity contribution is 8.04. The average Bonchev–Trinajstić information content (AvgIpc) is 2.84. The lowest BCUT2D eigenvalue weighted by atomic mass is 10.2. The maximum absolute atomic E-state index is 11.3. The van der Waals surface area contributed by atoms with Gasteiger partial charge in [0.2, 0.25) is 5.16 Å². The normalized spacial score (nSPS) is 11.5. The van der Waals surface area contributed by atoms with Gasteiger partial charge in [-0.2, -0.15) is 0 Å². The number of aliphatic carboxylic acids is 1. The first kappa shape index (κ1) is 15.1. The molecule has 0 unspecified atom stereocenters. The second kappa shape index (κ2) is 6.45. The second-order valence-corrected chi connectivity index (χ2v) is 5.61. The molecule has 2 N–H and O–H groups in total. The molecule has 1 heterocycles. The van der Waals surface area contributed by atoms with Crippen LogP contribution >= 0.6 is 11.8 Å². The highest BCUT2D eigenvalue weighted by atomic mass is 32.2. The number of aromatic amines is 1. The molecule has 0 aliphatic heterocycles. The van der Waals surface area contributed by atoms with E-state index < -0.39 is 5.97 Å². The number of carbonyl (C=O) groups is 1. The summed E-state index contributed by atoms with van der Waals surface area (Å²) >= 11 is 1.02. The molecule has 7 heteroatoms. The summed E-state index contributed by atoms with van der Waals surface area (Å²) in [5, 5.41) is 16.3. The van der Waals surface area contributed by atoms with Crippen molar-refractivity contribution in [2.75, 3.05) is 19.0 Å². The number of H-pyrrole nitrogens is 1. The summed E-state index contributed by atoms with van der Waals surface area (Å²) in [5.41, 5.74) is 1.87. The van der Waals surface area contributed by atoms with Crippen LogP contribution < -0.4 is 4.90 Å². The number of aromatic nitrogens is 3. The number of nitrogens with zero attached hydrogens (tertiary/aromatic N) is 3. The Hall–Kier alpha value is -2.28. The molecule has 0 saturated heterocycles. The Morgan fingerprint density at radius 3 is 2.48 bits per heavy atom. The summed E-state index contributed by atoms with van der Waals surface area (Å²) in [6, 6.07) is 7.63. The van der Waals surface area contributed by atoms with Crippen LogP contribution in [-0.2, 0) is 4.79 Å². The van der Waals surface area contributed by atoms with Crippen molar-refractivity contribution in [2.45, 2.75) is 12.1 Å². The third-order valence-corrected chi connectivity index (χ3v) is 3.57. The molecule has 0 atom stereocenters. The van der Waals surface area contributed by atoms with Crippen molar-refractivity contribution in [3.8, 4) is 0 Å². The fourth-order valence-corrected chi connectivity index (χ4v) is 2.37. The number of hydrogen-bond donors (Lipinski definition) is 2. The average molecular weight is 304 g/mol. The molecular weight excluding hydrogens is 288 g/mol. The summed E-state index contributed by atoms with van der Waals surface area (Å²) in [4.78, 5) is 17.6. The third kappa shape index (κ3) is 4.09. The van der Waals surface area contributed by atoms with Crippen LogP contribution in [0.25, 0.3) is 6.08 Å². The standard InChI is InChI=1S/C14H16N4O2S/c1-9-15-14(17-16-9)21-12(13(19)20)8-10-4-6-11(7-5-10)18(2)3/h4-8H,1-3H3,(H,19,20)(H,15,16,17)/b12-8-. The monoisotopic (exact) mass is 304 g/mol. The van der Waals surface area contributed by atoms with Gasteiger partial charge < -0.3 is 10.0 Å². The van der Waals surface area contributed by atoms with Crippen LogP contribution in [0.2, 0.25) is 0 Å². The van der Waals surface area contributed by atoms with Crippen molar-refractivity contribution in [3.63, 3.8) is 0 Å². The molecule has 0 fully saturated rings. The zero-order chi connectivity index (χ0) is 15.4. The van der Waals surface area contributed by atoms with Crippen LogP contribution in [0.1, 0.15) is 11.4 Å². The molecule has 0 aliphatic carbocycles. The van der Waals surface area contributed by atoms with Gasteiger partial charge in [0.1, 0.15) is 10.7 Å². The van der Waals surface area contributed by atoms with Crippen LogP contribution in [0, 0.1) is 6.92 Å². The Balaban J connectivity index is 2.22. The summed E-state index contributed by atoms with van der Waals surface area (Å²) in [6.45, 7) is 1.77. The summed E-state index contributed by atoms with van der Waals surface area (Å²) in [6.07, 6.45) is 1.61. The summed E-state index contributed by atoms with van der Waals surface area (Å²) < 4.78 is 0. The number of carboxylic acid groups (broad SMARTS) is 1. The number of nitrogens with one attached hydrogen (secondary N) is 1. The first-order chi connectivity index (χ1) is 9.95. The topological polar surface area (TPSA) is 82.1 Å². The first-order valence-corrected chi connectivity index (χ1v) is 7.06. The van der Waals surface area contributed by atoms with Crippen molar-refractivity contribution in [3.05, 3.63) is 40.6 Å². The molecule has 0 amide bonds. The van der Waals surface area contributed by atoms with Crippen molar-refractivity contribution in [2.24, 2.45) is 0 Å². The van der Waals surface area contributed by atoms with E-state index in [0.717, 1.165) is 23.0 Å². The smallest absolute Gasteiger partial charge is 0.342 e. The number of carboxylic acids is 1. The maximum atomic E-state index is 11.3. The van der Waals surface area contributed by atoms with Crippen molar-refractivity contribution >= 4 is 29.5 Å². The highest BCUT2D eigenvalue weighted by Gasteiger charge is 2.12. The van der Waals surface area contributed by atoms with E-state index in [2.05, 4.69) is 15.2 Å². The van der Waals surface area contributed by atoms with Crippen molar-refractivity contribution in [1.29, 1.82) is 0 Å². The van der Waals surface area contributed by atoms with Crippen LogP contribution in [0.5, 0.6) is 0 Å². The van der Waals surface area contributed by atoms with Crippen LogP contribution in [0.15, 0.2) is 34.3 Å². The molecule has 21 heavy (non-hydrogen) atoms. The van der Waals surface area contributed by atoms with Gasteiger partial charge in [0, 0.05) is 19.8 Å². The third-order valence-electron chi connectivity index (χ3n) is 2.70. The highest BCUT2D eigenvalue weighted by Crippen LogP contribution is 2.26. The number of rotatable bonds is 5. The van der Waals surface area contributed by atoms with Crippen molar-refractivity contribution < 1.29 is 9.90 Å². The van der Waals surface area contributed by atoms with Crippen molar-refractivity contribution in [1.82, 2.24) is 15.2 Å². The molecule has 6 nitrogen and oxygen atoms in total. The molecule has 0 bridgehead atoms. The lowest BCUT2D eigenvalue weighted by Gasteiger charge is -2.11. The zero-order valence-corrected chi connectivity index (χ0v) is 12.8. The largest absolute Gasteiger partial charge is 0.477 e. The number of thioether (sulfide) groups is 1. The Bertz CT molecular complexity index is 662. The predicted molar refractivity (Wildman–Crippen MR) is 83.4 cm³/mol. The van der Waals surface area contributed by atoms with Gasteiger partial charge in [-0.15, -0.1) is 5.10 Å². The van der Waals surface area contributed by atoms with E-state index in [1.807, 2.05) is 43.3 Å². The van der Waals surface area contributed by atoms with E-state index in [1.165, 1.54) is 0 Å². The van der Waals surface area contributed by atoms with E-state index >= 15 is 0 Å². The lowest BCUT2D eigenvalue weighted by molar-refractivity contribution is -0.131. The van der Waals surface area contributed by atoms with E-state index in [-0.39, 0.29) is 4.91 Å². The van der Waals surface area contributed by atoms with Crippen LogP contribution in [0.3, 0.4) is 0 Å². The van der Waals surface area contributed by atoms with Gasteiger partial charge in [0.05, 0.1) is 0 Å². The minimum absolute atomic E-state index is 0.173. The molecule has 0 radical (unpaired) electrons. The predicted octanol–water partition coefficient (Wildman–Crippen LogP) is 2.40. The second-order valence-electron chi connectivity index (χ2n) is 4.61. The number of aryl methyl sites for hydroxylation is 1. The van der Waals surface area contributed by atoms with E-state index in [4.69, 9.17) is 0 Å². The van der Waals surface area contributed by atoms with Gasteiger partial charge in [0.25, 0.3) is 0 Å². The summed E-state index contributed by atoms with van der Waals surface area (Å²) in [5.74, 6) is -0.350. The molecule has 0 spiro atoms. The van der Waals surface area contributed by atoms with E-state index in [1.54, 1.807) is 13.0 Å². The number of benzene rings is 1. The number of anilines is 1. The maximum Gasteiger partial charge on any atom is 0.342 e. The molecule has 1 aromatic heterocycles. The lowest BCUT2D eigenvalue weighted by Crippen LogP contribution is -2.07. The minimum atomic E-state index is -1.00. The fourth-order valence-electron chi connectivity index (χ4n) is 1.62. The quantitative estimate of drug-likeness (QED) is 0.652. The van der Waals surface area contributed by atoms with Gasteiger partial charge in [-0.25, -0.2) is 9.78 Å². The van der Waals surface area contributed by atoms with Gasteiger partial charge in [-0.05, 0) is 42.5 Å². The molecular formula is C14H16N4O2S. The Kier molecular flexibility index (Phi) is 4.64. The number of hydrogen-bond acceptors (Lipinski definition) is 5. The molecule has 2 rings (SSSR count). The zero-order valence-electron chi connectivity index (χ0n) is 12.0. The van der Waals surface area contributed by atoms with E-state index in [0.29, 0.717) is 11.0 Å². The van der Waals surface area contributed by atoms with Gasteiger partial charge >= 0.3 is 5.97 Å². The fraction of sp³-hybridized carbons (Fsp3) is 0.214. The molecule has 2 aromatic rings. The van der Waals surface area contributed by atoms with Gasteiger partial charge in [-0.3, -0.25) is 5.10 Å². The van der Waals surface area contributed by atoms with Crippen LogP contribution in [0.4, 0.5) is 5.69 Å². The van der Waals surface area contributed by atoms with Crippen LogP contribution in [-0.4, -0.2) is 40.4 Å².